The zero-order valence-corrected chi connectivity index (χ0v) is 13.6. The molecule has 2 aromatic rings. The Balaban J connectivity index is 2.02. The van der Waals surface area contributed by atoms with Crippen LogP contribution in [0.15, 0.2) is 36.4 Å². The van der Waals surface area contributed by atoms with Gasteiger partial charge in [0.25, 0.3) is 0 Å². The average Bonchev–Trinajstić information content (AvgIpc) is 2.92. The molecule has 1 radical (unpaired) electrons. The number of hydrogen-bond acceptors (Lipinski definition) is 1. The van der Waals surface area contributed by atoms with Gasteiger partial charge >= 0.3 is 6.18 Å². The van der Waals surface area contributed by atoms with Crippen molar-refractivity contribution in [3.63, 3.8) is 0 Å². The van der Waals surface area contributed by atoms with E-state index in [4.69, 9.17) is 4.74 Å². The Kier molecular flexibility index (Phi) is 4.57. The number of hydrogen-bond donors (Lipinski definition) is 0. The number of unbranched alkanes of at least 4 members (excludes halogenated alkanes) is 1. The van der Waals surface area contributed by atoms with Crippen LogP contribution >= 0.6 is 0 Å². The first kappa shape index (κ1) is 16.9. The Labute approximate surface area is 140 Å². The largest absolute Gasteiger partial charge is 0.489 e. The SMILES string of the molecule is [CH2]C1Cc2cc(C(F)(F)F)cc(-c3ccc(CCCC)cc3)c2O1. The first-order valence-corrected chi connectivity index (χ1v) is 8.21. The fourth-order valence-corrected chi connectivity index (χ4v) is 3.04. The molecule has 24 heavy (non-hydrogen) atoms. The zero-order valence-electron chi connectivity index (χ0n) is 13.6. The fraction of sp³-hybridized carbons (Fsp3) is 0.350. The molecule has 0 saturated heterocycles. The Bertz CT molecular complexity index is 717. The smallest absolute Gasteiger partial charge is 0.416 e. The van der Waals surface area contributed by atoms with Gasteiger partial charge in [-0.2, -0.15) is 13.2 Å². The Morgan fingerprint density at radius 2 is 1.88 bits per heavy atom. The van der Waals surface area contributed by atoms with Crippen LogP contribution in [0, 0.1) is 6.92 Å². The monoisotopic (exact) mass is 333 g/mol. The second kappa shape index (κ2) is 6.50. The lowest BCUT2D eigenvalue weighted by Crippen LogP contribution is -2.06. The van der Waals surface area contributed by atoms with Gasteiger partial charge in [-0.15, -0.1) is 0 Å². The minimum Gasteiger partial charge on any atom is -0.489 e. The van der Waals surface area contributed by atoms with Crippen molar-refractivity contribution in [2.75, 3.05) is 0 Å². The quantitative estimate of drug-likeness (QED) is 0.682. The summed E-state index contributed by atoms with van der Waals surface area (Å²) < 4.78 is 45.3. The normalized spacial score (nSPS) is 16.8. The number of fused-ring (bicyclic) bond motifs is 1. The molecule has 0 N–H and O–H groups in total. The van der Waals surface area contributed by atoms with Gasteiger partial charge in [0.15, 0.2) is 0 Å². The first-order chi connectivity index (χ1) is 11.4. The van der Waals surface area contributed by atoms with Gasteiger partial charge in [-0.05, 0) is 48.6 Å². The van der Waals surface area contributed by atoms with Crippen LogP contribution in [0.5, 0.6) is 5.75 Å². The lowest BCUT2D eigenvalue weighted by atomic mass is 9.96. The lowest BCUT2D eigenvalue weighted by Gasteiger charge is -2.14. The third kappa shape index (κ3) is 3.42. The van der Waals surface area contributed by atoms with Crippen LogP contribution < -0.4 is 4.74 Å². The van der Waals surface area contributed by atoms with Crippen molar-refractivity contribution in [1.29, 1.82) is 0 Å². The molecule has 0 aliphatic carbocycles. The topological polar surface area (TPSA) is 9.23 Å². The molecule has 1 aliphatic heterocycles. The van der Waals surface area contributed by atoms with Gasteiger partial charge in [0.2, 0.25) is 0 Å². The second-order valence-corrected chi connectivity index (χ2v) is 6.25. The summed E-state index contributed by atoms with van der Waals surface area (Å²) in [6.45, 7) is 5.96. The summed E-state index contributed by atoms with van der Waals surface area (Å²) in [7, 11) is 0. The van der Waals surface area contributed by atoms with Gasteiger partial charge < -0.3 is 4.74 Å². The van der Waals surface area contributed by atoms with E-state index in [-0.39, 0.29) is 6.10 Å². The maximum Gasteiger partial charge on any atom is 0.416 e. The van der Waals surface area contributed by atoms with Gasteiger partial charge in [0.05, 0.1) is 5.56 Å². The van der Waals surface area contributed by atoms with E-state index >= 15 is 0 Å². The first-order valence-electron chi connectivity index (χ1n) is 8.21. The van der Waals surface area contributed by atoms with E-state index in [2.05, 4.69) is 13.8 Å². The summed E-state index contributed by atoms with van der Waals surface area (Å²) in [5.74, 6) is 0.532. The van der Waals surface area contributed by atoms with Gasteiger partial charge in [-0.3, -0.25) is 0 Å². The van der Waals surface area contributed by atoms with Crippen molar-refractivity contribution in [2.24, 2.45) is 0 Å². The highest BCUT2D eigenvalue weighted by Crippen LogP contribution is 2.43. The van der Waals surface area contributed by atoms with Crippen molar-refractivity contribution < 1.29 is 17.9 Å². The highest BCUT2D eigenvalue weighted by atomic mass is 19.4. The van der Waals surface area contributed by atoms with E-state index in [1.165, 1.54) is 17.7 Å². The molecule has 0 bridgehead atoms. The number of halogens is 3. The number of benzene rings is 2. The standard InChI is InChI=1S/C20H20F3O/c1-3-4-5-14-6-8-15(9-7-14)18-12-17(20(21,22)23)11-16-10-13(2)24-19(16)18/h6-9,11-13H,2-5,10H2,1H3. The maximum absolute atomic E-state index is 13.2. The summed E-state index contributed by atoms with van der Waals surface area (Å²) in [4.78, 5) is 0. The van der Waals surface area contributed by atoms with Crippen molar-refractivity contribution in [1.82, 2.24) is 0 Å². The maximum atomic E-state index is 13.2. The van der Waals surface area contributed by atoms with Crippen LogP contribution in [-0.2, 0) is 19.0 Å². The highest BCUT2D eigenvalue weighted by molar-refractivity contribution is 5.74. The Hall–Kier alpha value is -1.97. The summed E-state index contributed by atoms with van der Waals surface area (Å²) in [5, 5.41) is 0. The molecular weight excluding hydrogens is 313 g/mol. The molecule has 0 fully saturated rings. The van der Waals surface area contributed by atoms with E-state index < -0.39 is 11.7 Å². The number of ether oxygens (including phenoxy) is 1. The number of alkyl halides is 3. The molecule has 4 heteroatoms. The van der Waals surface area contributed by atoms with Gasteiger partial charge in [-0.1, -0.05) is 37.6 Å². The van der Waals surface area contributed by atoms with Crippen LogP contribution in [0.3, 0.4) is 0 Å². The fourth-order valence-electron chi connectivity index (χ4n) is 3.04. The second-order valence-electron chi connectivity index (χ2n) is 6.25. The van der Waals surface area contributed by atoms with Crippen molar-refractivity contribution in [3.05, 3.63) is 60.0 Å². The Morgan fingerprint density at radius 3 is 2.50 bits per heavy atom. The van der Waals surface area contributed by atoms with Crippen LogP contribution in [0.1, 0.15) is 36.5 Å². The molecule has 0 spiro atoms. The van der Waals surface area contributed by atoms with Crippen molar-refractivity contribution >= 4 is 0 Å². The van der Waals surface area contributed by atoms with E-state index in [0.717, 1.165) is 24.8 Å². The molecular formula is C20H20F3O. The summed E-state index contributed by atoms with van der Waals surface area (Å²) in [6.07, 6.45) is -1.11. The number of rotatable bonds is 4. The zero-order chi connectivity index (χ0) is 17.3. The minimum atomic E-state index is -4.37. The molecule has 1 nitrogen and oxygen atoms in total. The predicted octanol–water partition coefficient (Wildman–Crippen LogP) is 5.85. The summed E-state index contributed by atoms with van der Waals surface area (Å²) >= 11 is 0. The molecule has 0 aromatic heterocycles. The molecule has 0 amide bonds. The van der Waals surface area contributed by atoms with E-state index in [1.807, 2.05) is 24.3 Å². The molecule has 0 saturated carbocycles. The van der Waals surface area contributed by atoms with Crippen LogP contribution in [0.4, 0.5) is 13.2 Å². The molecule has 1 aliphatic rings. The molecule has 1 atom stereocenters. The summed E-state index contributed by atoms with van der Waals surface area (Å²) in [6, 6.07) is 10.1. The van der Waals surface area contributed by atoms with E-state index in [1.54, 1.807) is 0 Å². The highest BCUT2D eigenvalue weighted by Gasteiger charge is 2.34. The third-order valence-electron chi connectivity index (χ3n) is 4.31. The Morgan fingerprint density at radius 1 is 1.17 bits per heavy atom. The predicted molar refractivity (Wildman–Crippen MR) is 89.0 cm³/mol. The molecule has 127 valence electrons. The van der Waals surface area contributed by atoms with E-state index in [0.29, 0.717) is 23.3 Å². The molecule has 1 unspecified atom stereocenters. The van der Waals surface area contributed by atoms with Crippen LogP contribution in [0.2, 0.25) is 0 Å². The molecule has 1 heterocycles. The molecule has 3 rings (SSSR count). The molecule has 2 aromatic carbocycles. The summed E-state index contributed by atoms with van der Waals surface area (Å²) in [5.41, 5.74) is 2.37. The lowest BCUT2D eigenvalue weighted by molar-refractivity contribution is -0.137. The van der Waals surface area contributed by atoms with Gasteiger partial charge in [0.1, 0.15) is 11.9 Å². The van der Waals surface area contributed by atoms with Crippen LogP contribution in [0.25, 0.3) is 11.1 Å². The van der Waals surface area contributed by atoms with Gasteiger partial charge in [-0.25, -0.2) is 0 Å². The number of aryl methyl sites for hydroxylation is 1. The average molecular weight is 333 g/mol. The third-order valence-corrected chi connectivity index (χ3v) is 4.31. The van der Waals surface area contributed by atoms with Crippen LogP contribution in [-0.4, -0.2) is 6.10 Å². The van der Waals surface area contributed by atoms with E-state index in [9.17, 15) is 13.2 Å². The van der Waals surface area contributed by atoms with Crippen molar-refractivity contribution in [3.8, 4) is 16.9 Å². The van der Waals surface area contributed by atoms with Crippen molar-refractivity contribution in [2.45, 2.75) is 44.9 Å². The van der Waals surface area contributed by atoms with Gasteiger partial charge in [0, 0.05) is 12.0 Å². The minimum absolute atomic E-state index is 0.342.